The molecule has 9 heteroatoms. The van der Waals surface area contributed by atoms with Crippen molar-refractivity contribution in [3.05, 3.63) is 59.7 Å². The van der Waals surface area contributed by atoms with E-state index in [1.54, 1.807) is 36.4 Å². The Hall–Kier alpha value is -0.974. The van der Waals surface area contributed by atoms with E-state index in [-0.39, 0.29) is 32.8 Å². The maximum Gasteiger partial charge on any atom is 2.00 e. The molecule has 0 saturated carbocycles. The monoisotopic (exact) mass is 674 g/mol. The Morgan fingerprint density at radius 3 is 1.02 bits per heavy atom. The zero-order chi connectivity index (χ0) is 32.8. The van der Waals surface area contributed by atoms with Gasteiger partial charge in [0.15, 0.2) is 0 Å². The normalized spacial score (nSPS) is 11.7. The third kappa shape index (κ3) is 22.3. The summed E-state index contributed by atoms with van der Waals surface area (Å²) in [6.07, 6.45) is 20.8. The molecule has 0 radical (unpaired) electrons. The second-order valence-electron chi connectivity index (χ2n) is 12.9. The number of hydrogen-bond donors (Lipinski definition) is 0. The molecule has 252 valence electrons. The molecule has 2 aromatic carbocycles. The predicted octanol–water partition coefficient (Wildman–Crippen LogP) is 9.44. The van der Waals surface area contributed by atoms with E-state index >= 15 is 0 Å². The van der Waals surface area contributed by atoms with E-state index < -0.39 is 20.2 Å². The van der Waals surface area contributed by atoms with Gasteiger partial charge >= 0.3 is 23.1 Å². The molecule has 45 heavy (non-hydrogen) atoms. The van der Waals surface area contributed by atoms with Crippen LogP contribution in [0.25, 0.3) is 0 Å². The van der Waals surface area contributed by atoms with Crippen LogP contribution in [0.5, 0.6) is 0 Å². The third-order valence-electron chi connectivity index (χ3n) is 7.94. The molecule has 0 bridgehead atoms. The van der Waals surface area contributed by atoms with Crippen molar-refractivity contribution in [2.24, 2.45) is 11.8 Å². The summed E-state index contributed by atoms with van der Waals surface area (Å²) < 4.78 is 67.1. The van der Waals surface area contributed by atoms with Crippen molar-refractivity contribution in [2.75, 3.05) is 0 Å². The molecular weight excluding hydrogens is 617 g/mol. The van der Waals surface area contributed by atoms with Crippen molar-refractivity contribution in [2.45, 2.75) is 153 Å². The van der Waals surface area contributed by atoms with Gasteiger partial charge in [-0.15, -0.1) is 0 Å². The molecule has 0 saturated heterocycles. The van der Waals surface area contributed by atoms with Crippen LogP contribution in [-0.2, 0) is 33.1 Å². The van der Waals surface area contributed by atoms with Crippen molar-refractivity contribution >= 4 is 43.3 Å². The van der Waals surface area contributed by atoms with Crippen molar-refractivity contribution in [1.82, 2.24) is 0 Å². The van der Waals surface area contributed by atoms with E-state index in [2.05, 4.69) is 27.7 Å². The van der Waals surface area contributed by atoms with Gasteiger partial charge in [0.05, 0.1) is 9.79 Å². The van der Waals surface area contributed by atoms with Crippen LogP contribution in [0, 0.1) is 11.8 Å². The second kappa shape index (κ2) is 25.1. The Balaban J connectivity index is 0.000000842. The zero-order valence-electron chi connectivity index (χ0n) is 28.5. The van der Waals surface area contributed by atoms with E-state index in [0.29, 0.717) is 24.0 Å². The fraction of sp³-hybridized carbons (Fsp3) is 0.667. The van der Waals surface area contributed by atoms with Crippen molar-refractivity contribution < 1.29 is 25.9 Å². The summed E-state index contributed by atoms with van der Waals surface area (Å²) in [4.78, 5) is -0.104. The van der Waals surface area contributed by atoms with Gasteiger partial charge in [-0.25, -0.2) is 16.8 Å². The first-order chi connectivity index (χ1) is 20.8. The Kier molecular flexibility index (Phi) is 24.6. The number of hydrogen-bond acceptors (Lipinski definition) is 6. The summed E-state index contributed by atoms with van der Waals surface area (Å²) >= 11 is 0. The number of aryl methyl sites for hydroxylation is 2. The molecule has 0 fully saturated rings. The van der Waals surface area contributed by atoms with Crippen LogP contribution in [0.2, 0.25) is 0 Å². The fourth-order valence-corrected chi connectivity index (χ4v) is 6.89. The van der Waals surface area contributed by atoms with Crippen molar-refractivity contribution in [1.29, 1.82) is 0 Å². The van der Waals surface area contributed by atoms with Gasteiger partial charge in [0.2, 0.25) is 0 Å². The van der Waals surface area contributed by atoms with Gasteiger partial charge < -0.3 is 9.11 Å². The van der Waals surface area contributed by atoms with E-state index in [1.807, 2.05) is 0 Å². The van der Waals surface area contributed by atoms with Crippen LogP contribution in [0.15, 0.2) is 58.3 Å². The molecule has 6 nitrogen and oxygen atoms in total. The van der Waals surface area contributed by atoms with Gasteiger partial charge in [0.25, 0.3) is 0 Å². The summed E-state index contributed by atoms with van der Waals surface area (Å²) in [5.74, 6) is 1.61. The molecule has 0 spiro atoms. The Labute approximate surface area is 292 Å². The first kappa shape index (κ1) is 44.0. The molecule has 0 N–H and O–H groups in total. The van der Waals surface area contributed by atoms with Crippen LogP contribution < -0.4 is 0 Å². The van der Waals surface area contributed by atoms with Gasteiger partial charge in [-0.1, -0.05) is 154 Å². The largest absolute Gasteiger partial charge is 2.00 e. The SMILES string of the molecule is CC(C)CCCCCCCCCc1ccccc1S(=O)(=O)[O-].CC(C)CCCCCCCCCc1ccccc1S(=O)(=O)[O-].[Mg+2]. The van der Waals surface area contributed by atoms with E-state index in [1.165, 1.54) is 89.2 Å². The van der Waals surface area contributed by atoms with Crippen molar-refractivity contribution in [3.8, 4) is 0 Å². The molecule has 0 atom stereocenters. The van der Waals surface area contributed by atoms with Crippen LogP contribution >= 0.6 is 0 Å². The van der Waals surface area contributed by atoms with Crippen LogP contribution in [0.4, 0.5) is 0 Å². The molecular formula is C36H58MgO6S2. The summed E-state index contributed by atoms with van der Waals surface area (Å²) in [6.45, 7) is 9.06. The van der Waals surface area contributed by atoms with E-state index in [0.717, 1.165) is 37.5 Å². The predicted molar refractivity (Wildman–Crippen MR) is 186 cm³/mol. The van der Waals surface area contributed by atoms with Crippen molar-refractivity contribution in [3.63, 3.8) is 0 Å². The molecule has 0 aliphatic rings. The zero-order valence-corrected chi connectivity index (χ0v) is 31.5. The van der Waals surface area contributed by atoms with Gasteiger partial charge in [-0.2, -0.15) is 0 Å². The van der Waals surface area contributed by atoms with Crippen LogP contribution in [-0.4, -0.2) is 49.0 Å². The smallest absolute Gasteiger partial charge is 0.744 e. The maximum absolute atomic E-state index is 11.2. The molecule has 0 unspecified atom stereocenters. The average molecular weight is 675 g/mol. The van der Waals surface area contributed by atoms with Gasteiger partial charge in [-0.05, 0) is 60.8 Å². The summed E-state index contributed by atoms with van der Waals surface area (Å²) in [5.41, 5.74) is 1.32. The summed E-state index contributed by atoms with van der Waals surface area (Å²) in [5, 5.41) is 0. The fourth-order valence-electron chi connectivity index (χ4n) is 5.41. The Morgan fingerprint density at radius 1 is 0.467 bits per heavy atom. The maximum atomic E-state index is 11.2. The molecule has 0 amide bonds. The molecule has 0 aliphatic carbocycles. The van der Waals surface area contributed by atoms with Gasteiger partial charge in [-0.3, -0.25) is 0 Å². The Bertz CT molecular complexity index is 1150. The van der Waals surface area contributed by atoms with Gasteiger partial charge in [0.1, 0.15) is 20.2 Å². The molecule has 2 aromatic rings. The standard InChI is InChI=1S/2C18H30O3S.Mg/c2*1-16(2)12-8-6-4-3-5-7-9-13-17-14-10-11-15-18(17)22(19,20)21;/h2*10-11,14-16H,3-9,12-13H2,1-2H3,(H,19,20,21);/q;;+2/p-2. The van der Waals surface area contributed by atoms with Crippen LogP contribution in [0.1, 0.15) is 142 Å². The van der Waals surface area contributed by atoms with E-state index in [4.69, 9.17) is 0 Å². The number of unbranched alkanes of at least 4 members (excludes halogenated alkanes) is 12. The summed E-state index contributed by atoms with van der Waals surface area (Å²) in [6, 6.07) is 13.1. The Morgan fingerprint density at radius 2 is 0.733 bits per heavy atom. The third-order valence-corrected chi connectivity index (χ3v) is 9.81. The first-order valence-electron chi connectivity index (χ1n) is 16.9. The topological polar surface area (TPSA) is 114 Å². The quantitative estimate of drug-likeness (QED) is 0.0698. The summed E-state index contributed by atoms with van der Waals surface area (Å²) in [7, 11) is -8.70. The average Bonchev–Trinajstić information content (AvgIpc) is 2.95. The second-order valence-corrected chi connectivity index (χ2v) is 15.6. The minimum atomic E-state index is -4.35. The molecule has 0 aromatic heterocycles. The number of benzene rings is 2. The minimum Gasteiger partial charge on any atom is -0.744 e. The molecule has 0 heterocycles. The first-order valence-corrected chi connectivity index (χ1v) is 19.7. The van der Waals surface area contributed by atoms with Crippen LogP contribution in [0.3, 0.4) is 0 Å². The molecule has 0 aliphatic heterocycles. The molecule has 2 rings (SSSR count). The minimum absolute atomic E-state index is 0. The number of rotatable bonds is 22. The van der Waals surface area contributed by atoms with E-state index in [9.17, 15) is 25.9 Å². The van der Waals surface area contributed by atoms with Gasteiger partial charge in [0, 0.05) is 0 Å².